The van der Waals surface area contributed by atoms with Crippen LogP contribution in [0.1, 0.15) is 5.56 Å². The van der Waals surface area contributed by atoms with Crippen molar-refractivity contribution >= 4 is 43.7 Å². The largest absolute Gasteiger partial charge is 0.506 e. The van der Waals surface area contributed by atoms with Crippen LogP contribution >= 0.6 is 0 Å². The quantitative estimate of drug-likeness (QED) is 0.433. The Balaban J connectivity index is 2.14. The Labute approximate surface area is 127 Å². The van der Waals surface area contributed by atoms with Crippen molar-refractivity contribution in [3.05, 3.63) is 36.5 Å². The van der Waals surface area contributed by atoms with Gasteiger partial charge < -0.3 is 28.6 Å². The van der Waals surface area contributed by atoms with Crippen LogP contribution in [0.4, 0.5) is 0 Å². The number of aliphatic hydroxyl groups is 1. The summed E-state index contributed by atoms with van der Waals surface area (Å²) < 4.78 is 16.3. The molecule has 0 aliphatic heterocycles. The maximum absolute atomic E-state index is 10.6. The van der Waals surface area contributed by atoms with E-state index < -0.39 is 0 Å². The minimum atomic E-state index is -0.288. The standard InChI is InChI=1S/C17H10O6/c18-4-8-9-5-21-6-10(9)16(20)14-13-12(23-17(8)14)3-11-7(15(13)19)1-2-22-11/h1-3,5-6,18-20H,4H2. The molecule has 0 spiro atoms. The van der Waals surface area contributed by atoms with Crippen molar-refractivity contribution in [2.45, 2.75) is 6.61 Å². The van der Waals surface area contributed by atoms with Crippen molar-refractivity contribution in [2.75, 3.05) is 0 Å². The molecule has 0 saturated carbocycles. The van der Waals surface area contributed by atoms with Gasteiger partial charge in [0.2, 0.25) is 0 Å². The molecule has 2 aromatic carbocycles. The summed E-state index contributed by atoms with van der Waals surface area (Å²) in [5.74, 6) is -0.0927. The zero-order valence-electron chi connectivity index (χ0n) is 11.7. The molecule has 5 rings (SSSR count). The summed E-state index contributed by atoms with van der Waals surface area (Å²) in [5.41, 5.74) is 1.66. The van der Waals surface area contributed by atoms with Crippen molar-refractivity contribution in [3.63, 3.8) is 0 Å². The average molecular weight is 310 g/mol. The first-order valence-corrected chi connectivity index (χ1v) is 6.96. The fourth-order valence-electron chi connectivity index (χ4n) is 3.23. The van der Waals surface area contributed by atoms with Gasteiger partial charge in [0.05, 0.1) is 40.7 Å². The number of rotatable bonds is 1. The average Bonchev–Trinajstić information content (AvgIpc) is 3.24. The molecule has 3 heterocycles. The summed E-state index contributed by atoms with van der Waals surface area (Å²) >= 11 is 0. The van der Waals surface area contributed by atoms with Gasteiger partial charge in [-0.15, -0.1) is 0 Å². The van der Waals surface area contributed by atoms with Crippen molar-refractivity contribution in [2.24, 2.45) is 0 Å². The van der Waals surface area contributed by atoms with Crippen LogP contribution in [-0.2, 0) is 6.61 Å². The van der Waals surface area contributed by atoms with Crippen LogP contribution in [0, 0.1) is 0 Å². The molecule has 114 valence electrons. The summed E-state index contributed by atoms with van der Waals surface area (Å²) in [4.78, 5) is 0. The van der Waals surface area contributed by atoms with E-state index in [1.54, 1.807) is 12.1 Å². The molecule has 6 nitrogen and oxygen atoms in total. The van der Waals surface area contributed by atoms with Crippen LogP contribution < -0.4 is 0 Å². The third kappa shape index (κ3) is 1.36. The van der Waals surface area contributed by atoms with Gasteiger partial charge in [-0.05, 0) is 6.07 Å². The molecule has 3 aromatic heterocycles. The van der Waals surface area contributed by atoms with E-state index in [1.807, 2.05) is 0 Å². The Morgan fingerprint density at radius 2 is 1.70 bits per heavy atom. The van der Waals surface area contributed by atoms with Gasteiger partial charge in [0.1, 0.15) is 34.5 Å². The highest BCUT2D eigenvalue weighted by Gasteiger charge is 2.24. The normalized spacial score (nSPS) is 12.2. The highest BCUT2D eigenvalue weighted by atomic mass is 16.3. The Kier molecular flexibility index (Phi) is 2.16. The Bertz CT molecular complexity index is 1220. The van der Waals surface area contributed by atoms with Crippen molar-refractivity contribution in [3.8, 4) is 11.5 Å². The van der Waals surface area contributed by atoms with Crippen LogP contribution in [0.5, 0.6) is 11.5 Å². The molecule has 0 atom stereocenters. The number of aromatic hydroxyl groups is 2. The first-order valence-electron chi connectivity index (χ1n) is 6.96. The van der Waals surface area contributed by atoms with E-state index in [9.17, 15) is 15.3 Å². The lowest BCUT2D eigenvalue weighted by molar-refractivity contribution is 0.283. The smallest absolute Gasteiger partial charge is 0.145 e. The van der Waals surface area contributed by atoms with E-state index in [0.29, 0.717) is 49.2 Å². The fraction of sp³-hybridized carbons (Fsp3) is 0.0588. The Hall–Kier alpha value is -3.12. The molecule has 5 aromatic rings. The van der Waals surface area contributed by atoms with E-state index >= 15 is 0 Å². The second kappa shape index (κ2) is 3.99. The van der Waals surface area contributed by atoms with Crippen LogP contribution in [0.3, 0.4) is 0 Å². The molecule has 0 radical (unpaired) electrons. The molecule has 0 aliphatic carbocycles. The van der Waals surface area contributed by atoms with E-state index in [-0.39, 0.29) is 18.1 Å². The predicted octanol–water partition coefficient (Wildman–Crippen LogP) is 3.98. The van der Waals surface area contributed by atoms with Crippen molar-refractivity contribution in [1.29, 1.82) is 0 Å². The summed E-state index contributed by atoms with van der Waals surface area (Å²) in [6.45, 7) is -0.288. The van der Waals surface area contributed by atoms with Gasteiger partial charge in [-0.2, -0.15) is 0 Å². The minimum absolute atomic E-state index is 0.0352. The van der Waals surface area contributed by atoms with E-state index in [4.69, 9.17) is 13.3 Å². The maximum atomic E-state index is 10.6. The second-order valence-corrected chi connectivity index (χ2v) is 5.42. The lowest BCUT2D eigenvalue weighted by atomic mass is 10.0. The minimum Gasteiger partial charge on any atom is -0.506 e. The number of fused-ring (bicyclic) bond motifs is 5. The molecule has 0 amide bonds. The molecule has 0 unspecified atom stereocenters. The van der Waals surface area contributed by atoms with Gasteiger partial charge in [-0.25, -0.2) is 0 Å². The lowest BCUT2D eigenvalue weighted by Gasteiger charge is -2.03. The SMILES string of the molecule is OCc1c2cocc2c(O)c2c1oc1cc3occc3c(O)c12. The molecular formula is C17H10O6. The number of aliphatic hydroxyl groups excluding tert-OH is 1. The van der Waals surface area contributed by atoms with Crippen molar-refractivity contribution in [1.82, 2.24) is 0 Å². The highest BCUT2D eigenvalue weighted by Crippen LogP contribution is 2.48. The molecule has 23 heavy (non-hydrogen) atoms. The Morgan fingerprint density at radius 1 is 0.913 bits per heavy atom. The molecule has 6 heteroatoms. The van der Waals surface area contributed by atoms with Crippen LogP contribution in [0.15, 0.2) is 44.2 Å². The zero-order valence-corrected chi connectivity index (χ0v) is 11.7. The molecule has 0 saturated heterocycles. The summed E-state index contributed by atoms with van der Waals surface area (Å²) in [6.07, 6.45) is 4.31. The van der Waals surface area contributed by atoms with Crippen LogP contribution in [0.2, 0.25) is 0 Å². The Morgan fingerprint density at radius 3 is 2.52 bits per heavy atom. The molecule has 0 aliphatic rings. The summed E-state index contributed by atoms with van der Waals surface area (Å²) in [6, 6.07) is 3.29. The number of benzene rings is 2. The first-order chi connectivity index (χ1) is 11.2. The van der Waals surface area contributed by atoms with Gasteiger partial charge in [0.15, 0.2) is 0 Å². The molecule has 0 bridgehead atoms. The zero-order chi connectivity index (χ0) is 15.7. The summed E-state index contributed by atoms with van der Waals surface area (Å²) in [5, 5.41) is 33.2. The first kappa shape index (κ1) is 12.4. The topological polar surface area (TPSA) is 100 Å². The number of hydrogen-bond donors (Lipinski definition) is 3. The van der Waals surface area contributed by atoms with Gasteiger partial charge in [-0.3, -0.25) is 0 Å². The van der Waals surface area contributed by atoms with Gasteiger partial charge >= 0.3 is 0 Å². The molecule has 0 fully saturated rings. The van der Waals surface area contributed by atoms with Crippen LogP contribution in [-0.4, -0.2) is 15.3 Å². The third-order valence-corrected chi connectivity index (χ3v) is 4.30. The van der Waals surface area contributed by atoms with Gasteiger partial charge in [0.25, 0.3) is 0 Å². The number of phenols is 2. The number of furan rings is 3. The van der Waals surface area contributed by atoms with Crippen LogP contribution in [0.25, 0.3) is 43.7 Å². The number of phenolic OH excluding ortho intramolecular Hbond substituents is 2. The lowest BCUT2D eigenvalue weighted by Crippen LogP contribution is -1.86. The fourth-order valence-corrected chi connectivity index (χ4v) is 3.23. The molecular weight excluding hydrogens is 300 g/mol. The summed E-state index contributed by atoms with van der Waals surface area (Å²) in [7, 11) is 0. The third-order valence-electron chi connectivity index (χ3n) is 4.30. The van der Waals surface area contributed by atoms with E-state index in [2.05, 4.69) is 0 Å². The maximum Gasteiger partial charge on any atom is 0.145 e. The van der Waals surface area contributed by atoms with E-state index in [1.165, 1.54) is 18.8 Å². The van der Waals surface area contributed by atoms with E-state index in [0.717, 1.165) is 0 Å². The van der Waals surface area contributed by atoms with Gasteiger partial charge in [-0.1, -0.05) is 0 Å². The monoisotopic (exact) mass is 310 g/mol. The molecule has 3 N–H and O–H groups in total. The van der Waals surface area contributed by atoms with Gasteiger partial charge in [0, 0.05) is 17.0 Å². The van der Waals surface area contributed by atoms with Crippen molar-refractivity contribution < 1.29 is 28.6 Å². The second-order valence-electron chi connectivity index (χ2n) is 5.42. The predicted molar refractivity (Wildman–Crippen MR) is 82.5 cm³/mol. The number of hydrogen-bond acceptors (Lipinski definition) is 6. The highest BCUT2D eigenvalue weighted by molar-refractivity contribution is 6.21.